The lowest BCUT2D eigenvalue weighted by atomic mass is 10.2. The van der Waals surface area contributed by atoms with Gasteiger partial charge in [0.1, 0.15) is 0 Å². The van der Waals surface area contributed by atoms with E-state index in [2.05, 4.69) is 10.5 Å². The summed E-state index contributed by atoms with van der Waals surface area (Å²) in [6.45, 7) is 1.06. The van der Waals surface area contributed by atoms with Crippen LogP contribution >= 0.6 is 11.3 Å². The van der Waals surface area contributed by atoms with Crippen molar-refractivity contribution < 1.29 is 13.2 Å². The molecule has 0 saturated carbocycles. The highest BCUT2D eigenvalue weighted by Gasteiger charge is 2.27. The fourth-order valence-corrected chi connectivity index (χ4v) is 4.61. The number of sulfonamides is 1. The number of nitrogens with one attached hydrogen (secondary N) is 1. The van der Waals surface area contributed by atoms with Crippen molar-refractivity contribution in [3.8, 4) is 0 Å². The molecular weight excluding hydrogens is 346 g/mol. The number of hydrogen-bond donors (Lipinski definition) is 1. The molecule has 126 valence electrons. The molecule has 0 aliphatic carbocycles. The number of benzene rings is 1. The number of thiophene rings is 1. The molecule has 0 spiro atoms. The van der Waals surface area contributed by atoms with E-state index < -0.39 is 15.9 Å². The standard InChI is InChI=1S/C16H17N3O3S2/c20-16(18-17-12-14-6-4-10-23-14)13-5-3-7-15(11-13)24(21,22)19-8-1-2-9-19/h3-7,10-12H,1-2,8-9H2,(H,18,20)/b17-12-. The van der Waals surface area contributed by atoms with Crippen LogP contribution in [-0.4, -0.2) is 37.9 Å². The summed E-state index contributed by atoms with van der Waals surface area (Å²) < 4.78 is 26.5. The predicted molar refractivity (Wildman–Crippen MR) is 93.8 cm³/mol. The summed E-state index contributed by atoms with van der Waals surface area (Å²) in [7, 11) is -3.53. The molecule has 1 aliphatic rings. The maximum Gasteiger partial charge on any atom is 0.271 e. The Labute approximate surface area is 144 Å². The highest BCUT2D eigenvalue weighted by atomic mass is 32.2. The second kappa shape index (κ2) is 7.25. The Hall–Kier alpha value is -2.03. The van der Waals surface area contributed by atoms with E-state index in [0.717, 1.165) is 17.7 Å². The molecule has 0 unspecified atom stereocenters. The quantitative estimate of drug-likeness (QED) is 0.654. The van der Waals surface area contributed by atoms with Gasteiger partial charge < -0.3 is 0 Å². The Balaban J connectivity index is 1.73. The number of carbonyl (C=O) groups is 1. The summed E-state index contributed by atoms with van der Waals surface area (Å²) in [6, 6.07) is 9.81. The fourth-order valence-electron chi connectivity index (χ4n) is 2.46. The molecule has 0 radical (unpaired) electrons. The largest absolute Gasteiger partial charge is 0.271 e. The van der Waals surface area contributed by atoms with Crippen LogP contribution in [0.4, 0.5) is 0 Å². The smallest absolute Gasteiger partial charge is 0.267 e. The number of nitrogens with zero attached hydrogens (tertiary/aromatic N) is 2. The van der Waals surface area contributed by atoms with Crippen LogP contribution in [0.25, 0.3) is 0 Å². The highest BCUT2D eigenvalue weighted by molar-refractivity contribution is 7.89. The number of amides is 1. The van der Waals surface area contributed by atoms with Crippen molar-refractivity contribution in [2.75, 3.05) is 13.1 Å². The Morgan fingerprint density at radius 1 is 1.21 bits per heavy atom. The van der Waals surface area contributed by atoms with Crippen molar-refractivity contribution in [2.45, 2.75) is 17.7 Å². The van der Waals surface area contributed by atoms with Crippen LogP contribution in [0.5, 0.6) is 0 Å². The van der Waals surface area contributed by atoms with Gasteiger partial charge in [0.2, 0.25) is 10.0 Å². The molecule has 8 heteroatoms. The first kappa shape index (κ1) is 16.8. The second-order valence-corrected chi connectivity index (χ2v) is 8.27. The molecule has 0 bridgehead atoms. The first-order chi connectivity index (χ1) is 11.6. The number of carbonyl (C=O) groups excluding carboxylic acids is 1. The Morgan fingerprint density at radius 2 is 2.00 bits per heavy atom. The zero-order chi connectivity index (χ0) is 17.0. The van der Waals surface area contributed by atoms with Crippen LogP contribution < -0.4 is 5.43 Å². The van der Waals surface area contributed by atoms with Gasteiger partial charge in [-0.2, -0.15) is 9.41 Å². The molecular formula is C16H17N3O3S2. The summed E-state index contributed by atoms with van der Waals surface area (Å²) in [4.78, 5) is 13.2. The van der Waals surface area contributed by atoms with Crippen molar-refractivity contribution in [2.24, 2.45) is 5.10 Å². The van der Waals surface area contributed by atoms with E-state index in [-0.39, 0.29) is 10.5 Å². The van der Waals surface area contributed by atoms with Gasteiger partial charge in [0.05, 0.1) is 11.1 Å². The summed E-state index contributed by atoms with van der Waals surface area (Å²) in [5.74, 6) is -0.443. The van der Waals surface area contributed by atoms with E-state index in [9.17, 15) is 13.2 Å². The molecule has 6 nitrogen and oxygen atoms in total. The first-order valence-electron chi connectivity index (χ1n) is 7.54. The van der Waals surface area contributed by atoms with Gasteiger partial charge >= 0.3 is 0 Å². The van der Waals surface area contributed by atoms with E-state index >= 15 is 0 Å². The van der Waals surface area contributed by atoms with Gasteiger partial charge in [-0.25, -0.2) is 13.8 Å². The third-order valence-electron chi connectivity index (χ3n) is 3.70. The van der Waals surface area contributed by atoms with Crippen molar-refractivity contribution >= 4 is 33.5 Å². The van der Waals surface area contributed by atoms with Gasteiger partial charge in [-0.15, -0.1) is 11.3 Å². The number of hydrogen-bond acceptors (Lipinski definition) is 5. The van der Waals surface area contributed by atoms with E-state index in [1.54, 1.807) is 18.3 Å². The minimum absolute atomic E-state index is 0.138. The molecule has 1 aromatic heterocycles. The molecule has 1 aliphatic heterocycles. The summed E-state index contributed by atoms with van der Waals surface area (Å²) in [5, 5.41) is 5.80. The maximum atomic E-state index is 12.5. The van der Waals surface area contributed by atoms with Crippen LogP contribution in [0, 0.1) is 0 Å². The zero-order valence-electron chi connectivity index (χ0n) is 12.9. The zero-order valence-corrected chi connectivity index (χ0v) is 14.5. The Kier molecular flexibility index (Phi) is 5.08. The van der Waals surface area contributed by atoms with Crippen LogP contribution in [0.3, 0.4) is 0 Å². The van der Waals surface area contributed by atoms with Gasteiger partial charge in [-0.05, 0) is 42.5 Å². The topological polar surface area (TPSA) is 78.8 Å². The van der Waals surface area contributed by atoms with Crippen molar-refractivity contribution in [3.05, 3.63) is 52.2 Å². The van der Waals surface area contributed by atoms with E-state index in [4.69, 9.17) is 0 Å². The fraction of sp³-hybridized carbons (Fsp3) is 0.250. The van der Waals surface area contributed by atoms with Crippen LogP contribution in [-0.2, 0) is 10.0 Å². The average molecular weight is 363 g/mol. The molecule has 1 saturated heterocycles. The number of hydrazone groups is 1. The highest BCUT2D eigenvalue weighted by Crippen LogP contribution is 2.21. The monoisotopic (exact) mass is 363 g/mol. The lowest BCUT2D eigenvalue weighted by Crippen LogP contribution is -2.28. The molecule has 1 aromatic carbocycles. The summed E-state index contributed by atoms with van der Waals surface area (Å²) >= 11 is 1.50. The first-order valence-corrected chi connectivity index (χ1v) is 9.86. The van der Waals surface area contributed by atoms with Crippen molar-refractivity contribution in [1.82, 2.24) is 9.73 Å². The minimum Gasteiger partial charge on any atom is -0.267 e. The summed E-state index contributed by atoms with van der Waals surface area (Å²) in [5.41, 5.74) is 2.68. The van der Waals surface area contributed by atoms with Gasteiger partial charge in [0.15, 0.2) is 0 Å². The molecule has 1 N–H and O–H groups in total. The second-order valence-electron chi connectivity index (χ2n) is 5.35. The van der Waals surface area contributed by atoms with Crippen LogP contribution in [0.2, 0.25) is 0 Å². The van der Waals surface area contributed by atoms with E-state index in [1.165, 1.54) is 27.8 Å². The van der Waals surface area contributed by atoms with Crippen molar-refractivity contribution in [3.63, 3.8) is 0 Å². The van der Waals surface area contributed by atoms with Gasteiger partial charge in [0, 0.05) is 23.5 Å². The van der Waals surface area contributed by atoms with Crippen molar-refractivity contribution in [1.29, 1.82) is 0 Å². The van der Waals surface area contributed by atoms with Crippen LogP contribution in [0.15, 0.2) is 51.8 Å². The third-order valence-corrected chi connectivity index (χ3v) is 6.40. The minimum atomic E-state index is -3.53. The lowest BCUT2D eigenvalue weighted by molar-refractivity contribution is 0.0955. The van der Waals surface area contributed by atoms with Gasteiger partial charge in [-0.3, -0.25) is 4.79 Å². The SMILES string of the molecule is O=C(N/N=C\c1cccs1)c1cccc(S(=O)(=O)N2CCCC2)c1. The molecule has 1 amide bonds. The molecule has 2 heterocycles. The van der Waals surface area contributed by atoms with E-state index in [1.807, 2.05) is 17.5 Å². The Morgan fingerprint density at radius 3 is 2.71 bits per heavy atom. The molecule has 2 aromatic rings. The normalized spacial score (nSPS) is 15.8. The maximum absolute atomic E-state index is 12.5. The average Bonchev–Trinajstić information content (AvgIpc) is 3.29. The van der Waals surface area contributed by atoms with Gasteiger partial charge in [0.25, 0.3) is 5.91 Å². The van der Waals surface area contributed by atoms with Gasteiger partial charge in [-0.1, -0.05) is 12.1 Å². The lowest BCUT2D eigenvalue weighted by Gasteiger charge is -2.15. The molecule has 3 rings (SSSR count). The number of rotatable bonds is 5. The molecule has 24 heavy (non-hydrogen) atoms. The van der Waals surface area contributed by atoms with E-state index in [0.29, 0.717) is 13.1 Å². The molecule has 0 atom stereocenters. The summed E-state index contributed by atoms with van der Waals surface area (Å²) in [6.07, 6.45) is 3.29. The third kappa shape index (κ3) is 3.72. The molecule has 1 fully saturated rings. The predicted octanol–water partition coefficient (Wildman–Crippen LogP) is 2.30. The van der Waals surface area contributed by atoms with Crippen LogP contribution in [0.1, 0.15) is 28.1 Å². The Bertz CT molecular complexity index is 839.